The number of nitrogens with one attached hydrogen (secondary N) is 2. The Kier molecular flexibility index (Phi) is 4.12. The van der Waals surface area contributed by atoms with Crippen molar-refractivity contribution in [2.45, 2.75) is 30.8 Å². The van der Waals surface area contributed by atoms with E-state index in [0.717, 1.165) is 0 Å². The van der Waals surface area contributed by atoms with E-state index in [2.05, 4.69) is 46.8 Å². The van der Waals surface area contributed by atoms with Gasteiger partial charge in [-0.2, -0.15) is 0 Å². The number of imidazole rings is 1. The highest BCUT2D eigenvalue weighted by Crippen LogP contribution is 2.23. The molecule has 0 aliphatic carbocycles. The molecule has 0 radical (unpaired) electrons. The van der Waals surface area contributed by atoms with Crippen LogP contribution in [0.15, 0.2) is 11.1 Å². The predicted octanol–water partition coefficient (Wildman–Crippen LogP) is 2.19. The maximum atomic E-state index is 7.76. The lowest BCUT2D eigenvalue weighted by Gasteiger charge is -2.29. The van der Waals surface area contributed by atoms with Gasteiger partial charge in [0.2, 0.25) is 0 Å². The maximum Gasteiger partial charge on any atom is 0.177 e. The molecule has 0 aliphatic heterocycles. The van der Waals surface area contributed by atoms with Crippen LogP contribution in [0, 0.1) is 5.41 Å². The summed E-state index contributed by atoms with van der Waals surface area (Å²) in [5.41, 5.74) is 1.18. The number of ether oxygens (including phenoxy) is 1. The minimum atomic E-state index is -0.313. The summed E-state index contributed by atoms with van der Waals surface area (Å²) in [5, 5.41) is 7.76. The Bertz CT molecular complexity index is 648. The highest BCUT2D eigenvalue weighted by molar-refractivity contribution is 9.10. The van der Waals surface area contributed by atoms with Crippen LogP contribution < -0.4 is 5.49 Å². The van der Waals surface area contributed by atoms with Gasteiger partial charge in [-0.3, -0.25) is 5.41 Å². The third kappa shape index (κ3) is 2.90. The summed E-state index contributed by atoms with van der Waals surface area (Å²) < 4.78 is 7.95. The molecule has 2 rings (SSSR count). The average molecular weight is 393 g/mol. The molecule has 0 fully saturated rings. The third-order valence-electron chi connectivity index (χ3n) is 3.13. The Morgan fingerprint density at radius 1 is 1.58 bits per heavy atom. The van der Waals surface area contributed by atoms with Crippen molar-refractivity contribution in [2.24, 2.45) is 0 Å². The Labute approximate surface area is 127 Å². The van der Waals surface area contributed by atoms with E-state index in [1.807, 2.05) is 18.4 Å². The number of H-pyrrole nitrogens is 1. The van der Waals surface area contributed by atoms with Gasteiger partial charge in [0.1, 0.15) is 5.52 Å². The van der Waals surface area contributed by atoms with Crippen LogP contribution in [0.2, 0.25) is 0 Å². The Balaban J connectivity index is 2.41. The maximum absolute atomic E-state index is 7.76. The predicted molar refractivity (Wildman–Crippen MR) is 79.2 cm³/mol. The van der Waals surface area contributed by atoms with Crippen LogP contribution in [0.4, 0.5) is 0 Å². The first kappa shape index (κ1) is 14.7. The number of nitrogens with zero attached hydrogens (tertiary/aromatic N) is 3. The molecule has 6 nitrogen and oxygen atoms in total. The zero-order chi connectivity index (χ0) is 14.2. The van der Waals surface area contributed by atoms with Gasteiger partial charge in [0.05, 0.1) is 16.8 Å². The van der Waals surface area contributed by atoms with Crippen molar-refractivity contribution in [2.75, 3.05) is 7.11 Å². The second-order valence-corrected chi connectivity index (χ2v) is 6.60. The van der Waals surface area contributed by atoms with Gasteiger partial charge in [-0.15, -0.1) is 0 Å². The van der Waals surface area contributed by atoms with Crippen LogP contribution in [0.5, 0.6) is 0 Å². The fourth-order valence-electron chi connectivity index (χ4n) is 1.61. The lowest BCUT2D eigenvalue weighted by atomic mass is 10.1. The fraction of sp³-hybridized carbons (Fsp3) is 0.545. The first-order valence-corrected chi connectivity index (χ1v) is 7.40. The minimum Gasteiger partial charge on any atom is -0.378 e. The normalized spacial score (nSPS) is 13.9. The number of halogens is 2. The number of rotatable bonds is 4. The standard InChI is InChI=1S/C11H15Br2N5O/c1-11(2,19-3)6(12)4-18-5-15-8(14)7-9(18)17-10(13)16-7/h5-6,14H,4H2,1-3H3,(H,16,17). The molecule has 8 heteroatoms. The van der Waals surface area contributed by atoms with Crippen LogP contribution in [-0.2, 0) is 11.3 Å². The summed E-state index contributed by atoms with van der Waals surface area (Å²) in [6.45, 7) is 4.66. The average Bonchev–Trinajstić information content (AvgIpc) is 2.75. The second-order valence-electron chi connectivity index (χ2n) is 4.75. The molecule has 1 atom stereocenters. The molecule has 2 aromatic heterocycles. The van der Waals surface area contributed by atoms with Gasteiger partial charge in [0.25, 0.3) is 0 Å². The summed E-state index contributed by atoms with van der Waals surface area (Å²) in [7, 11) is 1.69. The van der Waals surface area contributed by atoms with Crippen LogP contribution in [0.25, 0.3) is 11.2 Å². The van der Waals surface area contributed by atoms with Crippen molar-refractivity contribution in [3.63, 3.8) is 0 Å². The van der Waals surface area contributed by atoms with E-state index >= 15 is 0 Å². The number of fused-ring (bicyclic) bond motifs is 1. The van der Waals surface area contributed by atoms with Gasteiger partial charge in [-0.1, -0.05) is 15.9 Å². The smallest absolute Gasteiger partial charge is 0.177 e. The number of aromatic amines is 1. The molecule has 2 N–H and O–H groups in total. The molecule has 0 aliphatic rings. The van der Waals surface area contributed by atoms with E-state index in [9.17, 15) is 0 Å². The molecule has 0 saturated carbocycles. The molecule has 2 aromatic rings. The van der Waals surface area contributed by atoms with Crippen LogP contribution in [-0.4, -0.2) is 37.1 Å². The minimum absolute atomic E-state index is 0.0899. The lowest BCUT2D eigenvalue weighted by molar-refractivity contribution is 0.0193. The van der Waals surface area contributed by atoms with E-state index < -0.39 is 0 Å². The largest absolute Gasteiger partial charge is 0.378 e. The van der Waals surface area contributed by atoms with E-state index in [1.54, 1.807) is 13.4 Å². The molecular formula is C11H15Br2N5O. The van der Waals surface area contributed by atoms with E-state index in [-0.39, 0.29) is 15.9 Å². The van der Waals surface area contributed by atoms with Gasteiger partial charge in [-0.05, 0) is 29.8 Å². The number of alkyl halides is 1. The number of methoxy groups -OCH3 is 1. The van der Waals surface area contributed by atoms with Gasteiger partial charge in [0, 0.05) is 13.7 Å². The molecule has 0 bridgehead atoms. The highest BCUT2D eigenvalue weighted by atomic mass is 79.9. The fourth-order valence-corrected chi connectivity index (χ4v) is 2.47. The van der Waals surface area contributed by atoms with E-state index in [0.29, 0.717) is 22.4 Å². The zero-order valence-corrected chi connectivity index (χ0v) is 14.0. The van der Waals surface area contributed by atoms with Crippen molar-refractivity contribution < 1.29 is 4.74 Å². The molecule has 104 valence electrons. The summed E-state index contributed by atoms with van der Waals surface area (Å²) in [4.78, 5) is 11.5. The Hall–Kier alpha value is -0.730. The summed E-state index contributed by atoms with van der Waals surface area (Å²) >= 11 is 6.92. The quantitative estimate of drug-likeness (QED) is 0.618. The molecule has 2 heterocycles. The van der Waals surface area contributed by atoms with Crippen molar-refractivity contribution in [1.82, 2.24) is 19.5 Å². The number of aromatic nitrogens is 4. The van der Waals surface area contributed by atoms with Gasteiger partial charge in [-0.25, -0.2) is 9.97 Å². The van der Waals surface area contributed by atoms with Crippen LogP contribution >= 0.6 is 31.9 Å². The second kappa shape index (κ2) is 5.34. The van der Waals surface area contributed by atoms with Gasteiger partial charge >= 0.3 is 0 Å². The van der Waals surface area contributed by atoms with Crippen molar-refractivity contribution >= 4 is 43.0 Å². The topological polar surface area (TPSA) is 79.6 Å². The Morgan fingerprint density at radius 3 is 2.89 bits per heavy atom. The SMILES string of the molecule is COC(C)(C)C(Br)Cn1cnc(=N)c2[nH]c(Br)nc21. The highest BCUT2D eigenvalue weighted by Gasteiger charge is 2.27. The zero-order valence-electron chi connectivity index (χ0n) is 10.9. The first-order chi connectivity index (χ1) is 8.85. The van der Waals surface area contributed by atoms with Gasteiger partial charge < -0.3 is 14.3 Å². The molecular weight excluding hydrogens is 378 g/mol. The molecule has 0 aromatic carbocycles. The number of hydrogen-bond donors (Lipinski definition) is 2. The molecule has 1 unspecified atom stereocenters. The number of hydrogen-bond acceptors (Lipinski definition) is 4. The van der Waals surface area contributed by atoms with Crippen LogP contribution in [0.3, 0.4) is 0 Å². The van der Waals surface area contributed by atoms with Gasteiger partial charge in [0.15, 0.2) is 15.9 Å². The van der Waals surface area contributed by atoms with Crippen molar-refractivity contribution in [3.8, 4) is 0 Å². The third-order valence-corrected chi connectivity index (χ3v) is 4.90. The van der Waals surface area contributed by atoms with E-state index in [4.69, 9.17) is 10.1 Å². The molecule has 0 saturated heterocycles. The summed E-state index contributed by atoms with van der Waals surface area (Å²) in [5.74, 6) is 0. The van der Waals surface area contributed by atoms with Crippen molar-refractivity contribution in [1.29, 1.82) is 5.41 Å². The van der Waals surface area contributed by atoms with E-state index in [1.165, 1.54) is 0 Å². The monoisotopic (exact) mass is 391 g/mol. The lowest BCUT2D eigenvalue weighted by Crippen LogP contribution is -2.37. The first-order valence-electron chi connectivity index (χ1n) is 5.69. The summed E-state index contributed by atoms with van der Waals surface area (Å²) in [6.07, 6.45) is 1.62. The molecule has 0 amide bonds. The van der Waals surface area contributed by atoms with Crippen molar-refractivity contribution in [3.05, 3.63) is 16.5 Å². The Morgan fingerprint density at radius 2 is 2.26 bits per heavy atom. The molecule has 0 spiro atoms. The summed E-state index contributed by atoms with van der Waals surface area (Å²) in [6, 6.07) is 0. The molecule has 19 heavy (non-hydrogen) atoms. The van der Waals surface area contributed by atoms with Crippen LogP contribution in [0.1, 0.15) is 13.8 Å².